The molecule has 45 heavy (non-hydrogen) atoms. The molecule has 3 heterocycles. The number of furan rings is 1. The van der Waals surface area contributed by atoms with E-state index in [4.69, 9.17) is 19.4 Å². The molecule has 5 aromatic carbocycles. The fraction of sp³-hybridized carbons (Fsp3) is 0. The quantitative estimate of drug-likeness (QED) is 0.210. The third kappa shape index (κ3) is 4.75. The maximum atomic E-state index is 10.7. The van der Waals surface area contributed by atoms with Gasteiger partial charge in [0.25, 0.3) is 0 Å². The van der Waals surface area contributed by atoms with Crippen LogP contribution in [0.15, 0.2) is 156 Å². The Kier molecular flexibility index (Phi) is 6.50. The number of pyridine rings is 1. The van der Waals surface area contributed by atoms with Gasteiger partial charge in [-0.1, -0.05) is 97.1 Å². The van der Waals surface area contributed by atoms with Crippen molar-refractivity contribution in [3.8, 4) is 39.5 Å². The highest BCUT2D eigenvalue weighted by Crippen LogP contribution is 2.42. The number of aromatic hydroxyl groups is 1. The van der Waals surface area contributed by atoms with Crippen LogP contribution in [0.2, 0.25) is 0 Å². The van der Waals surface area contributed by atoms with E-state index >= 15 is 0 Å². The molecule has 0 aliphatic heterocycles. The number of para-hydroxylation sites is 3. The smallest absolute Gasteiger partial charge is 0.231 e. The summed E-state index contributed by atoms with van der Waals surface area (Å²) in [5, 5.41) is 12.4. The highest BCUT2D eigenvalue weighted by molar-refractivity contribution is 6.10. The minimum Gasteiger partial charge on any atom is -0.507 e. The Bertz CT molecular complexity index is 2300. The average Bonchev–Trinajstić information content (AvgIpc) is 3.48. The van der Waals surface area contributed by atoms with Crippen LogP contribution in [-0.2, 0) is 0 Å². The van der Waals surface area contributed by atoms with E-state index in [1.54, 1.807) is 12.1 Å². The molecule has 0 radical (unpaired) electrons. The second-order valence-electron chi connectivity index (χ2n) is 10.6. The molecule has 0 unspecified atom stereocenters. The Balaban J connectivity index is 1.37. The minimum atomic E-state index is 0.103. The zero-order valence-electron chi connectivity index (χ0n) is 24.1. The van der Waals surface area contributed by atoms with Gasteiger partial charge in [-0.25, -0.2) is 9.97 Å². The number of aromatic nitrogens is 3. The maximum Gasteiger partial charge on any atom is 0.231 e. The van der Waals surface area contributed by atoms with Crippen LogP contribution >= 0.6 is 0 Å². The Hall–Kier alpha value is -6.27. The summed E-state index contributed by atoms with van der Waals surface area (Å²) in [6.45, 7) is 0. The van der Waals surface area contributed by atoms with E-state index in [9.17, 15) is 5.11 Å². The van der Waals surface area contributed by atoms with Crippen molar-refractivity contribution in [1.29, 1.82) is 0 Å². The number of phenols is 1. The Morgan fingerprint density at radius 1 is 0.600 bits per heavy atom. The van der Waals surface area contributed by atoms with Gasteiger partial charge in [-0.05, 0) is 54.1 Å². The number of hydrogen-bond acceptors (Lipinski definition) is 6. The molecular formula is C39H26N4O2. The molecule has 1 N–H and O–H groups in total. The molecule has 0 spiro atoms. The van der Waals surface area contributed by atoms with E-state index in [0.29, 0.717) is 22.8 Å². The standard InChI is InChI=1S/C39H26N4O2/c44-33-21-8-5-18-30(33)38-41-37(36-31-19-6-9-22-34(31)45-39(36)42-38)27-15-12-16-28(25-27)43(35-23-10-11-24-40-35)32-20-7-4-17-29(32)26-13-2-1-3-14-26/h1-25,44H. The van der Waals surface area contributed by atoms with Crippen molar-refractivity contribution in [3.05, 3.63) is 152 Å². The van der Waals surface area contributed by atoms with Gasteiger partial charge in [-0.3, -0.25) is 4.90 Å². The molecule has 8 aromatic rings. The van der Waals surface area contributed by atoms with E-state index in [0.717, 1.165) is 50.2 Å². The van der Waals surface area contributed by atoms with Crippen molar-refractivity contribution in [2.75, 3.05) is 4.90 Å². The van der Waals surface area contributed by atoms with Gasteiger partial charge in [-0.2, -0.15) is 4.98 Å². The summed E-state index contributed by atoms with van der Waals surface area (Å²) in [6, 6.07) is 47.9. The van der Waals surface area contributed by atoms with Gasteiger partial charge < -0.3 is 9.52 Å². The number of hydrogen-bond donors (Lipinski definition) is 1. The van der Waals surface area contributed by atoms with Crippen molar-refractivity contribution in [2.45, 2.75) is 0 Å². The lowest BCUT2D eigenvalue weighted by molar-refractivity contribution is 0.477. The molecule has 0 saturated heterocycles. The third-order valence-electron chi connectivity index (χ3n) is 7.87. The van der Waals surface area contributed by atoms with Crippen LogP contribution in [0.25, 0.3) is 55.8 Å². The van der Waals surface area contributed by atoms with Crippen molar-refractivity contribution in [3.63, 3.8) is 0 Å². The third-order valence-corrected chi connectivity index (χ3v) is 7.87. The second kappa shape index (κ2) is 11.1. The lowest BCUT2D eigenvalue weighted by atomic mass is 10.0. The molecular weight excluding hydrogens is 556 g/mol. The van der Waals surface area contributed by atoms with Crippen LogP contribution in [0.5, 0.6) is 5.75 Å². The molecule has 8 rings (SSSR count). The summed E-state index contributed by atoms with van der Waals surface area (Å²) < 4.78 is 6.24. The summed E-state index contributed by atoms with van der Waals surface area (Å²) in [5.41, 5.74) is 7.41. The van der Waals surface area contributed by atoms with Gasteiger partial charge in [-0.15, -0.1) is 0 Å². The molecule has 0 fully saturated rings. The van der Waals surface area contributed by atoms with Crippen LogP contribution in [0.4, 0.5) is 17.2 Å². The van der Waals surface area contributed by atoms with E-state index in [1.165, 1.54) is 0 Å². The second-order valence-corrected chi connectivity index (χ2v) is 10.6. The molecule has 0 aliphatic rings. The molecule has 0 aliphatic carbocycles. The largest absolute Gasteiger partial charge is 0.507 e. The van der Waals surface area contributed by atoms with Gasteiger partial charge >= 0.3 is 0 Å². The zero-order valence-corrected chi connectivity index (χ0v) is 24.1. The van der Waals surface area contributed by atoms with Gasteiger partial charge in [0.2, 0.25) is 5.71 Å². The summed E-state index contributed by atoms with van der Waals surface area (Å²) in [4.78, 5) is 16.8. The normalized spacial score (nSPS) is 11.2. The van der Waals surface area contributed by atoms with E-state index < -0.39 is 0 Å². The van der Waals surface area contributed by atoms with Gasteiger partial charge in [0, 0.05) is 28.4 Å². The first-order valence-corrected chi connectivity index (χ1v) is 14.7. The Morgan fingerprint density at radius 2 is 1.33 bits per heavy atom. The molecule has 214 valence electrons. The first kappa shape index (κ1) is 26.4. The van der Waals surface area contributed by atoms with Crippen molar-refractivity contribution in [1.82, 2.24) is 15.0 Å². The molecule has 0 amide bonds. The van der Waals surface area contributed by atoms with E-state index in [1.807, 2.05) is 85.1 Å². The van der Waals surface area contributed by atoms with E-state index in [-0.39, 0.29) is 5.75 Å². The molecule has 6 heteroatoms. The Morgan fingerprint density at radius 3 is 2.18 bits per heavy atom. The molecule has 6 nitrogen and oxygen atoms in total. The van der Waals surface area contributed by atoms with Crippen LogP contribution in [0.3, 0.4) is 0 Å². The van der Waals surface area contributed by atoms with Gasteiger partial charge in [0.15, 0.2) is 5.82 Å². The first-order valence-electron chi connectivity index (χ1n) is 14.7. The fourth-order valence-corrected chi connectivity index (χ4v) is 5.82. The topological polar surface area (TPSA) is 75.3 Å². The number of rotatable bonds is 6. The van der Waals surface area contributed by atoms with Crippen molar-refractivity contribution >= 4 is 39.3 Å². The minimum absolute atomic E-state index is 0.103. The van der Waals surface area contributed by atoms with Gasteiger partial charge in [0.1, 0.15) is 17.2 Å². The lowest BCUT2D eigenvalue weighted by Gasteiger charge is -2.27. The number of phenolic OH excluding ortho intramolecular Hbond substituents is 1. The number of nitrogens with zero attached hydrogens (tertiary/aromatic N) is 4. The summed E-state index contributed by atoms with van der Waals surface area (Å²) in [6.07, 6.45) is 1.81. The molecule has 0 atom stereocenters. The van der Waals surface area contributed by atoms with Crippen LogP contribution in [0.1, 0.15) is 0 Å². The van der Waals surface area contributed by atoms with Crippen LogP contribution in [0, 0.1) is 0 Å². The number of fused-ring (bicyclic) bond motifs is 3. The van der Waals surface area contributed by atoms with E-state index in [2.05, 4.69) is 59.5 Å². The fourth-order valence-electron chi connectivity index (χ4n) is 5.82. The number of anilines is 3. The lowest BCUT2D eigenvalue weighted by Crippen LogP contribution is -2.12. The highest BCUT2D eigenvalue weighted by Gasteiger charge is 2.22. The summed E-state index contributed by atoms with van der Waals surface area (Å²) in [7, 11) is 0. The Labute approximate surface area is 259 Å². The van der Waals surface area contributed by atoms with Crippen LogP contribution < -0.4 is 4.90 Å². The van der Waals surface area contributed by atoms with Crippen molar-refractivity contribution < 1.29 is 9.52 Å². The SMILES string of the molecule is Oc1ccccc1-c1nc(-c2cccc(N(c3ccccn3)c3ccccc3-c3ccccc3)c2)c2c(n1)oc1ccccc12. The highest BCUT2D eigenvalue weighted by atomic mass is 16.3. The molecule has 3 aromatic heterocycles. The zero-order chi connectivity index (χ0) is 30.2. The van der Waals surface area contributed by atoms with Crippen LogP contribution in [-0.4, -0.2) is 20.1 Å². The van der Waals surface area contributed by atoms with Crippen molar-refractivity contribution in [2.24, 2.45) is 0 Å². The first-order chi connectivity index (χ1) is 22.2. The predicted molar refractivity (Wildman–Crippen MR) is 180 cm³/mol. The molecule has 0 bridgehead atoms. The number of benzene rings is 5. The average molecular weight is 583 g/mol. The summed E-state index contributed by atoms with van der Waals surface area (Å²) >= 11 is 0. The summed E-state index contributed by atoms with van der Waals surface area (Å²) in [5.74, 6) is 1.28. The van der Waals surface area contributed by atoms with Gasteiger partial charge in [0.05, 0.1) is 22.3 Å². The maximum absolute atomic E-state index is 10.7. The monoisotopic (exact) mass is 582 g/mol. The molecule has 0 saturated carbocycles. The predicted octanol–water partition coefficient (Wildman–Crippen LogP) is 9.95.